The maximum atomic E-state index is 10.7. The predicted molar refractivity (Wildman–Crippen MR) is 80.7 cm³/mol. The van der Waals surface area contributed by atoms with Crippen molar-refractivity contribution >= 4 is 29.1 Å². The number of rotatable bonds is 5. The number of hydrogen-bond acceptors (Lipinski definition) is 4. The lowest BCUT2D eigenvalue weighted by Gasteiger charge is -2.03. The van der Waals surface area contributed by atoms with Crippen molar-refractivity contribution in [3.05, 3.63) is 40.9 Å². The second kappa shape index (κ2) is 6.21. The van der Waals surface area contributed by atoms with Gasteiger partial charge in [0.05, 0.1) is 10.9 Å². The summed E-state index contributed by atoms with van der Waals surface area (Å²) in [6.07, 6.45) is 0. The predicted octanol–water partition coefficient (Wildman–Crippen LogP) is 3.82. The molecule has 3 nitrogen and oxygen atoms in total. The number of hydrogen-bond donors (Lipinski definition) is 1. The number of aromatic nitrogens is 1. The Kier molecular flexibility index (Phi) is 4.61. The molecule has 100 valence electrons. The molecule has 0 spiro atoms. The van der Waals surface area contributed by atoms with Crippen molar-refractivity contribution < 1.29 is 9.90 Å². The van der Waals surface area contributed by atoms with Crippen LogP contribution in [0.25, 0.3) is 10.6 Å². The zero-order valence-corrected chi connectivity index (χ0v) is 12.4. The van der Waals surface area contributed by atoms with Gasteiger partial charge in [-0.3, -0.25) is 4.79 Å². The van der Waals surface area contributed by atoms with Crippen molar-refractivity contribution in [2.45, 2.75) is 24.9 Å². The minimum Gasteiger partial charge on any atom is -0.480 e. The molecule has 0 radical (unpaired) electrons. The Bertz CT molecular complexity index is 563. The molecule has 1 unspecified atom stereocenters. The molecule has 2 rings (SSSR count). The second-order valence-corrected chi connectivity index (χ2v) is 6.49. The van der Waals surface area contributed by atoms with Gasteiger partial charge in [0.15, 0.2) is 0 Å². The monoisotopic (exact) mass is 293 g/mol. The van der Waals surface area contributed by atoms with Gasteiger partial charge in [-0.2, -0.15) is 0 Å². The van der Waals surface area contributed by atoms with E-state index in [0.29, 0.717) is 5.75 Å². The maximum Gasteiger partial charge on any atom is 0.316 e. The molecule has 1 heterocycles. The minimum atomic E-state index is -0.779. The molecule has 5 heteroatoms. The summed E-state index contributed by atoms with van der Waals surface area (Å²) < 4.78 is 0. The van der Waals surface area contributed by atoms with Crippen LogP contribution in [0.2, 0.25) is 0 Å². The Balaban J connectivity index is 2.03. The molecule has 0 saturated carbocycles. The highest BCUT2D eigenvalue weighted by atomic mass is 32.2. The summed E-state index contributed by atoms with van der Waals surface area (Å²) in [6, 6.07) is 8.26. The SMILES string of the molecule is Cc1ccc(-c2nc(CSC(C)C(=O)O)cs2)cc1. The van der Waals surface area contributed by atoms with E-state index in [1.165, 1.54) is 17.3 Å². The van der Waals surface area contributed by atoms with E-state index in [9.17, 15) is 4.79 Å². The van der Waals surface area contributed by atoms with Crippen molar-refractivity contribution in [2.75, 3.05) is 0 Å². The summed E-state index contributed by atoms with van der Waals surface area (Å²) in [4.78, 5) is 15.3. The van der Waals surface area contributed by atoms with Gasteiger partial charge in [0.1, 0.15) is 5.01 Å². The number of benzene rings is 1. The molecular formula is C14H15NO2S2. The Morgan fingerprint density at radius 2 is 2.11 bits per heavy atom. The van der Waals surface area contributed by atoms with E-state index >= 15 is 0 Å². The second-order valence-electron chi connectivity index (χ2n) is 4.30. The normalized spacial score (nSPS) is 12.3. The fourth-order valence-corrected chi connectivity index (χ4v) is 3.13. The summed E-state index contributed by atoms with van der Waals surface area (Å²) in [6.45, 7) is 3.75. The van der Waals surface area contributed by atoms with Crippen LogP contribution in [0.5, 0.6) is 0 Å². The summed E-state index contributed by atoms with van der Waals surface area (Å²) in [5.41, 5.74) is 3.28. The quantitative estimate of drug-likeness (QED) is 0.910. The summed E-state index contributed by atoms with van der Waals surface area (Å²) in [5.74, 6) is -0.144. The highest BCUT2D eigenvalue weighted by Gasteiger charge is 2.12. The van der Waals surface area contributed by atoms with Crippen LogP contribution in [0.3, 0.4) is 0 Å². The Morgan fingerprint density at radius 1 is 1.42 bits per heavy atom. The average molecular weight is 293 g/mol. The molecule has 19 heavy (non-hydrogen) atoms. The van der Waals surface area contributed by atoms with E-state index in [2.05, 4.69) is 36.2 Å². The Morgan fingerprint density at radius 3 is 2.74 bits per heavy atom. The van der Waals surface area contributed by atoms with Crippen molar-refractivity contribution in [1.29, 1.82) is 0 Å². The first-order valence-corrected chi connectivity index (χ1v) is 7.85. The molecule has 0 fully saturated rings. The number of nitrogens with zero attached hydrogens (tertiary/aromatic N) is 1. The lowest BCUT2D eigenvalue weighted by Crippen LogP contribution is -2.11. The maximum absolute atomic E-state index is 10.7. The van der Waals surface area contributed by atoms with Crippen LogP contribution >= 0.6 is 23.1 Å². The molecule has 1 N–H and O–H groups in total. The number of thiazole rings is 1. The number of carboxylic acid groups (broad SMARTS) is 1. The van der Waals surface area contributed by atoms with Crippen LogP contribution in [0.1, 0.15) is 18.2 Å². The highest BCUT2D eigenvalue weighted by molar-refractivity contribution is 7.99. The topological polar surface area (TPSA) is 50.2 Å². The summed E-state index contributed by atoms with van der Waals surface area (Å²) >= 11 is 2.99. The molecule has 0 amide bonds. The van der Waals surface area contributed by atoms with Crippen LogP contribution in [0.15, 0.2) is 29.6 Å². The number of carbonyl (C=O) groups is 1. The highest BCUT2D eigenvalue weighted by Crippen LogP contribution is 2.26. The molecule has 1 aromatic heterocycles. The van der Waals surface area contributed by atoms with Crippen molar-refractivity contribution in [3.8, 4) is 10.6 Å². The minimum absolute atomic E-state index is 0.399. The molecule has 0 saturated heterocycles. The number of carboxylic acids is 1. The lowest BCUT2D eigenvalue weighted by atomic mass is 10.2. The van der Waals surface area contributed by atoms with E-state index in [-0.39, 0.29) is 0 Å². The lowest BCUT2D eigenvalue weighted by molar-refractivity contribution is -0.136. The van der Waals surface area contributed by atoms with Gasteiger partial charge in [-0.25, -0.2) is 4.98 Å². The molecule has 0 aliphatic carbocycles. The van der Waals surface area contributed by atoms with E-state index < -0.39 is 11.2 Å². The fourth-order valence-electron chi connectivity index (χ4n) is 1.48. The van der Waals surface area contributed by atoms with Crippen molar-refractivity contribution in [1.82, 2.24) is 4.98 Å². The van der Waals surface area contributed by atoms with Crippen LogP contribution < -0.4 is 0 Å². The largest absolute Gasteiger partial charge is 0.480 e. The van der Waals surface area contributed by atoms with Crippen LogP contribution in [-0.4, -0.2) is 21.3 Å². The van der Waals surface area contributed by atoms with Crippen molar-refractivity contribution in [3.63, 3.8) is 0 Å². The zero-order valence-electron chi connectivity index (χ0n) is 10.8. The molecule has 1 aromatic carbocycles. The van der Waals surface area contributed by atoms with Gasteiger partial charge in [0.25, 0.3) is 0 Å². The first kappa shape index (κ1) is 14.1. The number of thioether (sulfide) groups is 1. The van der Waals surface area contributed by atoms with E-state index in [4.69, 9.17) is 5.11 Å². The van der Waals surface area contributed by atoms with Gasteiger partial charge < -0.3 is 5.11 Å². The average Bonchev–Trinajstić information content (AvgIpc) is 2.85. The van der Waals surface area contributed by atoms with Gasteiger partial charge in [-0.1, -0.05) is 29.8 Å². The number of aryl methyl sites for hydroxylation is 1. The van der Waals surface area contributed by atoms with Gasteiger partial charge in [-0.05, 0) is 13.8 Å². The third kappa shape index (κ3) is 3.81. The first-order valence-electron chi connectivity index (χ1n) is 5.92. The van der Waals surface area contributed by atoms with Gasteiger partial charge in [-0.15, -0.1) is 23.1 Å². The smallest absolute Gasteiger partial charge is 0.316 e. The molecule has 2 aromatic rings. The molecular weight excluding hydrogens is 278 g/mol. The van der Waals surface area contributed by atoms with E-state index in [1.54, 1.807) is 18.3 Å². The Labute approximate surface area is 120 Å². The zero-order chi connectivity index (χ0) is 13.8. The van der Waals surface area contributed by atoms with Crippen LogP contribution in [0, 0.1) is 6.92 Å². The third-order valence-electron chi connectivity index (χ3n) is 2.68. The molecule has 0 aliphatic rings. The fraction of sp³-hybridized carbons (Fsp3) is 0.286. The van der Waals surface area contributed by atoms with E-state index in [1.807, 2.05) is 5.38 Å². The molecule has 0 bridgehead atoms. The summed E-state index contributed by atoms with van der Waals surface area (Å²) in [5, 5.41) is 11.4. The molecule has 0 aliphatic heterocycles. The summed E-state index contributed by atoms with van der Waals surface area (Å²) in [7, 11) is 0. The Hall–Kier alpha value is -1.33. The standard InChI is InChI=1S/C14H15NO2S2/c1-9-3-5-11(6-4-9)13-15-12(8-19-13)7-18-10(2)14(16)17/h3-6,8,10H,7H2,1-2H3,(H,16,17). The van der Waals surface area contributed by atoms with Gasteiger partial charge in [0, 0.05) is 16.7 Å². The van der Waals surface area contributed by atoms with Gasteiger partial charge in [0.2, 0.25) is 0 Å². The van der Waals surface area contributed by atoms with Crippen LogP contribution in [-0.2, 0) is 10.5 Å². The van der Waals surface area contributed by atoms with Crippen LogP contribution in [0.4, 0.5) is 0 Å². The van der Waals surface area contributed by atoms with Gasteiger partial charge >= 0.3 is 5.97 Å². The van der Waals surface area contributed by atoms with E-state index in [0.717, 1.165) is 16.3 Å². The van der Waals surface area contributed by atoms with Crippen molar-refractivity contribution in [2.24, 2.45) is 0 Å². The number of aliphatic carboxylic acids is 1. The molecule has 1 atom stereocenters. The first-order chi connectivity index (χ1) is 9.06. The third-order valence-corrected chi connectivity index (χ3v) is 4.78.